The first-order valence-electron chi connectivity index (χ1n) is 11.4. The fourth-order valence-electron chi connectivity index (χ4n) is 4.30. The lowest BCUT2D eigenvalue weighted by Gasteiger charge is -2.32. The number of amides is 1. The molecular weight excluding hydrogens is 394 g/mol. The van der Waals surface area contributed by atoms with Crippen LogP contribution in [0.15, 0.2) is 84.0 Å². The molecule has 4 heteroatoms. The van der Waals surface area contributed by atoms with Crippen molar-refractivity contribution in [1.29, 1.82) is 0 Å². The molecule has 0 aromatic heterocycles. The van der Waals surface area contributed by atoms with Crippen molar-refractivity contribution in [1.82, 2.24) is 10.3 Å². The lowest BCUT2D eigenvalue weighted by atomic mass is 9.90. The van der Waals surface area contributed by atoms with Gasteiger partial charge < -0.3 is 0 Å². The summed E-state index contributed by atoms with van der Waals surface area (Å²) in [7, 11) is 0. The predicted octanol–water partition coefficient (Wildman–Crippen LogP) is 5.21. The highest BCUT2D eigenvalue weighted by atomic mass is 16.2. The van der Waals surface area contributed by atoms with Crippen LogP contribution in [0.1, 0.15) is 45.5 Å². The Balaban J connectivity index is 1.23. The van der Waals surface area contributed by atoms with Gasteiger partial charge in [-0.2, -0.15) is 5.10 Å². The number of rotatable bonds is 7. The van der Waals surface area contributed by atoms with E-state index in [-0.39, 0.29) is 5.91 Å². The first kappa shape index (κ1) is 22.0. The number of carbonyl (C=O) groups is 1. The van der Waals surface area contributed by atoms with Crippen molar-refractivity contribution in [2.24, 2.45) is 11.0 Å². The van der Waals surface area contributed by atoms with Crippen LogP contribution in [0, 0.1) is 12.8 Å². The summed E-state index contributed by atoms with van der Waals surface area (Å²) in [6, 6.07) is 26.7. The van der Waals surface area contributed by atoms with Crippen LogP contribution in [0.2, 0.25) is 0 Å². The molecule has 0 aliphatic carbocycles. The third-order valence-corrected chi connectivity index (χ3v) is 6.12. The number of hydrazone groups is 1. The van der Waals surface area contributed by atoms with Gasteiger partial charge in [-0.15, -0.1) is 0 Å². The Morgan fingerprint density at radius 3 is 2.44 bits per heavy atom. The number of carbonyl (C=O) groups excluding carboxylic acids is 1. The molecule has 1 aliphatic rings. The summed E-state index contributed by atoms with van der Waals surface area (Å²) >= 11 is 0. The Morgan fingerprint density at radius 1 is 0.969 bits per heavy atom. The Labute approximate surface area is 191 Å². The molecule has 1 saturated heterocycles. The van der Waals surface area contributed by atoms with Crippen molar-refractivity contribution in [3.8, 4) is 0 Å². The predicted molar refractivity (Wildman–Crippen MR) is 131 cm³/mol. The van der Waals surface area contributed by atoms with E-state index in [1.165, 1.54) is 30.4 Å². The number of piperidine rings is 1. The second kappa shape index (κ2) is 10.9. The third-order valence-electron chi connectivity index (χ3n) is 6.12. The zero-order chi connectivity index (χ0) is 22.2. The lowest BCUT2D eigenvalue weighted by molar-refractivity contribution is 0.0955. The Morgan fingerprint density at radius 2 is 1.72 bits per heavy atom. The molecule has 0 spiro atoms. The molecule has 1 amide bonds. The summed E-state index contributed by atoms with van der Waals surface area (Å²) in [6.45, 7) is 5.23. The fourth-order valence-corrected chi connectivity index (χ4v) is 4.30. The maximum Gasteiger partial charge on any atom is 0.271 e. The molecule has 3 aromatic rings. The van der Waals surface area contributed by atoms with Gasteiger partial charge in [0.05, 0.1) is 6.21 Å². The summed E-state index contributed by atoms with van der Waals surface area (Å²) in [5, 5.41) is 4.08. The van der Waals surface area contributed by atoms with Crippen LogP contribution in [0.4, 0.5) is 0 Å². The summed E-state index contributed by atoms with van der Waals surface area (Å²) < 4.78 is 0. The molecule has 1 heterocycles. The highest BCUT2D eigenvalue weighted by Crippen LogP contribution is 2.23. The van der Waals surface area contributed by atoms with Crippen molar-refractivity contribution < 1.29 is 4.79 Å². The standard InChI is InChI=1S/C28H31N3O/c1-22-6-5-9-26(18-22)20-29-30-28(32)27-12-10-25(11-13-27)21-31-16-14-24(15-17-31)19-23-7-3-2-4-8-23/h2-13,18,20,24H,14-17,19,21H2,1H3,(H,30,32)/b29-20-. The van der Waals surface area contributed by atoms with E-state index in [2.05, 4.69) is 57.9 Å². The van der Waals surface area contributed by atoms with Gasteiger partial charge in [-0.05, 0) is 74.0 Å². The third kappa shape index (κ3) is 6.38. The van der Waals surface area contributed by atoms with Gasteiger partial charge in [0, 0.05) is 12.1 Å². The summed E-state index contributed by atoms with van der Waals surface area (Å²) in [4.78, 5) is 14.9. The van der Waals surface area contributed by atoms with E-state index in [0.717, 1.165) is 36.7 Å². The van der Waals surface area contributed by atoms with Gasteiger partial charge in [-0.3, -0.25) is 9.69 Å². The molecule has 164 valence electrons. The first-order chi connectivity index (χ1) is 15.7. The fraction of sp³-hybridized carbons (Fsp3) is 0.286. The van der Waals surface area contributed by atoms with E-state index in [1.54, 1.807) is 6.21 Å². The summed E-state index contributed by atoms with van der Waals surface area (Å²) in [6.07, 6.45) is 5.34. The Hall–Kier alpha value is -3.24. The number of nitrogens with zero attached hydrogens (tertiary/aromatic N) is 2. The molecule has 0 unspecified atom stereocenters. The molecule has 1 N–H and O–H groups in total. The molecule has 4 nitrogen and oxygen atoms in total. The van der Waals surface area contributed by atoms with Crippen LogP contribution in [0.25, 0.3) is 0 Å². The molecule has 0 bridgehead atoms. The van der Waals surface area contributed by atoms with E-state index >= 15 is 0 Å². The van der Waals surface area contributed by atoms with E-state index in [9.17, 15) is 4.79 Å². The van der Waals surface area contributed by atoms with Crippen LogP contribution in [-0.4, -0.2) is 30.1 Å². The summed E-state index contributed by atoms with van der Waals surface area (Å²) in [5.41, 5.74) is 8.05. The first-order valence-corrected chi connectivity index (χ1v) is 11.4. The minimum Gasteiger partial charge on any atom is -0.299 e. The molecular formula is C28H31N3O. The maximum atomic E-state index is 12.4. The molecule has 1 fully saturated rings. The Kier molecular flexibility index (Phi) is 7.47. The minimum atomic E-state index is -0.192. The summed E-state index contributed by atoms with van der Waals surface area (Å²) in [5.74, 6) is 0.585. The molecule has 1 aliphatic heterocycles. The van der Waals surface area contributed by atoms with Crippen molar-refractivity contribution in [3.63, 3.8) is 0 Å². The van der Waals surface area contributed by atoms with E-state index < -0.39 is 0 Å². The quantitative estimate of drug-likeness (QED) is 0.417. The number of hydrogen-bond acceptors (Lipinski definition) is 3. The van der Waals surface area contributed by atoms with Crippen molar-refractivity contribution >= 4 is 12.1 Å². The number of benzene rings is 3. The van der Waals surface area contributed by atoms with Crippen molar-refractivity contribution in [2.75, 3.05) is 13.1 Å². The number of likely N-dealkylation sites (tertiary alicyclic amines) is 1. The molecule has 0 radical (unpaired) electrons. The highest BCUT2D eigenvalue weighted by molar-refractivity contribution is 5.94. The smallest absolute Gasteiger partial charge is 0.271 e. The number of aryl methyl sites for hydroxylation is 1. The second-order valence-corrected chi connectivity index (χ2v) is 8.72. The van der Waals surface area contributed by atoms with Crippen molar-refractivity contribution in [3.05, 3.63) is 107 Å². The highest BCUT2D eigenvalue weighted by Gasteiger charge is 2.19. The zero-order valence-electron chi connectivity index (χ0n) is 18.7. The lowest BCUT2D eigenvalue weighted by Crippen LogP contribution is -2.33. The topological polar surface area (TPSA) is 44.7 Å². The average Bonchev–Trinajstić information content (AvgIpc) is 2.81. The minimum absolute atomic E-state index is 0.192. The van der Waals surface area contributed by atoms with Gasteiger partial charge >= 0.3 is 0 Å². The molecule has 0 saturated carbocycles. The monoisotopic (exact) mass is 425 g/mol. The maximum absolute atomic E-state index is 12.4. The van der Waals surface area contributed by atoms with Crippen LogP contribution >= 0.6 is 0 Å². The normalized spacial score (nSPS) is 15.2. The van der Waals surface area contributed by atoms with Gasteiger partial charge in [0.25, 0.3) is 5.91 Å². The van der Waals surface area contributed by atoms with E-state index in [4.69, 9.17) is 0 Å². The van der Waals surface area contributed by atoms with Gasteiger partial charge in [-0.25, -0.2) is 5.43 Å². The molecule has 0 atom stereocenters. The SMILES string of the molecule is Cc1cccc(/C=N\NC(=O)c2ccc(CN3CCC(Cc4ccccc4)CC3)cc2)c1. The Bertz CT molecular complexity index is 1040. The van der Waals surface area contributed by atoms with Crippen LogP contribution < -0.4 is 5.43 Å². The van der Waals surface area contributed by atoms with Crippen molar-refractivity contribution in [2.45, 2.75) is 32.7 Å². The second-order valence-electron chi connectivity index (χ2n) is 8.72. The van der Waals surface area contributed by atoms with E-state index in [1.807, 2.05) is 43.3 Å². The number of nitrogens with one attached hydrogen (secondary N) is 1. The molecule has 4 rings (SSSR count). The van der Waals surface area contributed by atoms with Crippen LogP contribution in [-0.2, 0) is 13.0 Å². The van der Waals surface area contributed by atoms with Gasteiger partial charge in [0.15, 0.2) is 0 Å². The number of hydrogen-bond donors (Lipinski definition) is 1. The van der Waals surface area contributed by atoms with E-state index in [0.29, 0.717) is 5.56 Å². The average molecular weight is 426 g/mol. The van der Waals surface area contributed by atoms with Gasteiger partial charge in [0.2, 0.25) is 0 Å². The largest absolute Gasteiger partial charge is 0.299 e. The zero-order valence-corrected chi connectivity index (χ0v) is 18.7. The van der Waals surface area contributed by atoms with Gasteiger partial charge in [-0.1, -0.05) is 72.3 Å². The molecule has 3 aromatic carbocycles. The molecule has 32 heavy (non-hydrogen) atoms. The van der Waals surface area contributed by atoms with Crippen LogP contribution in [0.5, 0.6) is 0 Å². The van der Waals surface area contributed by atoms with Gasteiger partial charge in [0.1, 0.15) is 0 Å². The van der Waals surface area contributed by atoms with Crippen LogP contribution in [0.3, 0.4) is 0 Å².